The molecular formula is C17H28N2O. The highest BCUT2D eigenvalue weighted by molar-refractivity contribution is 5.48. The summed E-state index contributed by atoms with van der Waals surface area (Å²) in [5.74, 6) is 0. The summed E-state index contributed by atoms with van der Waals surface area (Å²) in [7, 11) is 0. The summed E-state index contributed by atoms with van der Waals surface area (Å²) in [6.07, 6.45) is 1.79. The topological polar surface area (TPSA) is 24.5 Å². The number of nitrogens with zero attached hydrogens (tertiary/aromatic N) is 1. The lowest BCUT2D eigenvalue weighted by Gasteiger charge is -2.37. The molecule has 0 radical (unpaired) electrons. The molecule has 0 spiro atoms. The number of morpholine rings is 1. The van der Waals surface area contributed by atoms with Gasteiger partial charge in [-0.25, -0.2) is 0 Å². The Morgan fingerprint density at radius 2 is 1.80 bits per heavy atom. The van der Waals surface area contributed by atoms with Crippen molar-refractivity contribution in [3.8, 4) is 0 Å². The highest BCUT2D eigenvalue weighted by atomic mass is 16.5. The summed E-state index contributed by atoms with van der Waals surface area (Å²) in [5.41, 5.74) is 2.66. The molecule has 3 heteroatoms. The van der Waals surface area contributed by atoms with Gasteiger partial charge < -0.3 is 15.0 Å². The molecule has 112 valence electrons. The summed E-state index contributed by atoms with van der Waals surface area (Å²) in [6, 6.07) is 9.39. The average molecular weight is 276 g/mol. The fraction of sp³-hybridized carbons (Fsp3) is 0.647. The second-order valence-electron chi connectivity index (χ2n) is 5.93. The van der Waals surface area contributed by atoms with Crippen molar-refractivity contribution >= 4 is 5.69 Å². The lowest BCUT2D eigenvalue weighted by atomic mass is 10.1. The first kappa shape index (κ1) is 15.3. The monoisotopic (exact) mass is 276 g/mol. The fourth-order valence-corrected chi connectivity index (χ4v) is 2.84. The standard InChI is InChI=1S/C17H28N2O/c1-5-10-18-15(4)16-6-8-17(9-7-16)19-11-13(2)20-14(3)12-19/h6-9,13-15,18H,5,10-12H2,1-4H3/t13-,14+,15?. The third-order valence-electron chi connectivity index (χ3n) is 3.88. The molecular weight excluding hydrogens is 248 g/mol. The van der Waals surface area contributed by atoms with E-state index in [2.05, 4.69) is 62.2 Å². The first-order valence-corrected chi connectivity index (χ1v) is 7.84. The Bertz CT molecular complexity index is 394. The van der Waals surface area contributed by atoms with Gasteiger partial charge in [0, 0.05) is 24.8 Å². The molecule has 1 N–H and O–H groups in total. The smallest absolute Gasteiger partial charge is 0.0726 e. The van der Waals surface area contributed by atoms with Crippen LogP contribution in [0.2, 0.25) is 0 Å². The summed E-state index contributed by atoms with van der Waals surface area (Å²) in [5, 5.41) is 3.53. The van der Waals surface area contributed by atoms with E-state index in [1.165, 1.54) is 17.7 Å². The van der Waals surface area contributed by atoms with Gasteiger partial charge in [0.05, 0.1) is 12.2 Å². The van der Waals surface area contributed by atoms with Crippen molar-refractivity contribution in [3.05, 3.63) is 29.8 Å². The van der Waals surface area contributed by atoms with Crippen LogP contribution in [0, 0.1) is 0 Å². The van der Waals surface area contributed by atoms with Gasteiger partial charge in [0.15, 0.2) is 0 Å². The van der Waals surface area contributed by atoms with Crippen LogP contribution in [0.1, 0.15) is 45.7 Å². The Morgan fingerprint density at radius 1 is 1.20 bits per heavy atom. The molecule has 0 saturated carbocycles. The van der Waals surface area contributed by atoms with Gasteiger partial charge >= 0.3 is 0 Å². The van der Waals surface area contributed by atoms with Crippen LogP contribution in [0.5, 0.6) is 0 Å². The second kappa shape index (κ2) is 7.09. The lowest BCUT2D eigenvalue weighted by Crippen LogP contribution is -2.45. The minimum absolute atomic E-state index is 0.309. The molecule has 1 fully saturated rings. The molecule has 0 amide bonds. The molecule has 1 aliphatic heterocycles. The normalized spacial score (nSPS) is 24.7. The zero-order valence-electron chi connectivity index (χ0n) is 13.2. The van der Waals surface area contributed by atoms with Gasteiger partial charge in [-0.2, -0.15) is 0 Å². The predicted octanol–water partition coefficient (Wildman–Crippen LogP) is 3.36. The molecule has 3 atom stereocenters. The van der Waals surface area contributed by atoms with Gasteiger partial charge in [-0.05, 0) is 51.4 Å². The van der Waals surface area contributed by atoms with Crippen LogP contribution in [0.25, 0.3) is 0 Å². The van der Waals surface area contributed by atoms with Crippen LogP contribution in [-0.2, 0) is 4.74 Å². The molecule has 2 rings (SSSR count). The summed E-state index contributed by atoms with van der Waals surface area (Å²) in [4.78, 5) is 2.42. The molecule has 0 bridgehead atoms. The Hall–Kier alpha value is -1.06. The van der Waals surface area contributed by atoms with Gasteiger partial charge in [-0.3, -0.25) is 0 Å². The Kier molecular flexibility index (Phi) is 5.44. The van der Waals surface area contributed by atoms with Crippen LogP contribution < -0.4 is 10.2 Å². The Labute approximate surface area is 123 Å². The quantitative estimate of drug-likeness (QED) is 0.892. The molecule has 1 aromatic rings. The Morgan fingerprint density at radius 3 is 2.35 bits per heavy atom. The zero-order chi connectivity index (χ0) is 14.5. The molecule has 1 aromatic carbocycles. The minimum atomic E-state index is 0.309. The molecule has 1 saturated heterocycles. The van der Waals surface area contributed by atoms with Crippen molar-refractivity contribution < 1.29 is 4.74 Å². The number of hydrogen-bond donors (Lipinski definition) is 1. The number of benzene rings is 1. The molecule has 1 unspecified atom stereocenters. The van der Waals surface area contributed by atoms with Crippen LogP contribution in [0.3, 0.4) is 0 Å². The summed E-state index contributed by atoms with van der Waals surface area (Å²) in [6.45, 7) is 11.7. The number of nitrogens with one attached hydrogen (secondary N) is 1. The lowest BCUT2D eigenvalue weighted by molar-refractivity contribution is -0.00521. The van der Waals surface area contributed by atoms with Crippen molar-refractivity contribution in [2.75, 3.05) is 24.5 Å². The van der Waals surface area contributed by atoms with E-state index in [0.717, 1.165) is 19.6 Å². The van der Waals surface area contributed by atoms with Gasteiger partial charge in [0.1, 0.15) is 0 Å². The van der Waals surface area contributed by atoms with E-state index in [1.54, 1.807) is 0 Å². The van der Waals surface area contributed by atoms with Crippen molar-refractivity contribution in [2.45, 2.75) is 52.4 Å². The van der Waals surface area contributed by atoms with Crippen molar-refractivity contribution in [1.29, 1.82) is 0 Å². The predicted molar refractivity (Wildman–Crippen MR) is 85.4 cm³/mol. The number of anilines is 1. The maximum atomic E-state index is 5.79. The molecule has 0 aliphatic carbocycles. The van der Waals surface area contributed by atoms with Crippen molar-refractivity contribution in [2.24, 2.45) is 0 Å². The average Bonchev–Trinajstić information content (AvgIpc) is 2.44. The third-order valence-corrected chi connectivity index (χ3v) is 3.88. The summed E-state index contributed by atoms with van der Waals surface area (Å²) >= 11 is 0. The molecule has 1 heterocycles. The molecule has 20 heavy (non-hydrogen) atoms. The fourth-order valence-electron chi connectivity index (χ4n) is 2.84. The third kappa shape index (κ3) is 3.97. The van der Waals surface area contributed by atoms with Gasteiger partial charge in [-0.15, -0.1) is 0 Å². The van der Waals surface area contributed by atoms with E-state index in [4.69, 9.17) is 4.74 Å². The van der Waals surface area contributed by atoms with Gasteiger partial charge in [-0.1, -0.05) is 19.1 Å². The van der Waals surface area contributed by atoms with Crippen molar-refractivity contribution in [3.63, 3.8) is 0 Å². The van der Waals surface area contributed by atoms with Gasteiger partial charge in [0.2, 0.25) is 0 Å². The minimum Gasteiger partial charge on any atom is -0.372 e. The molecule has 1 aliphatic rings. The van der Waals surface area contributed by atoms with E-state index >= 15 is 0 Å². The first-order chi connectivity index (χ1) is 9.60. The van der Waals surface area contributed by atoms with E-state index in [-0.39, 0.29) is 0 Å². The molecule has 3 nitrogen and oxygen atoms in total. The van der Waals surface area contributed by atoms with E-state index in [9.17, 15) is 0 Å². The van der Waals surface area contributed by atoms with E-state index in [1.807, 2.05) is 0 Å². The first-order valence-electron chi connectivity index (χ1n) is 7.84. The number of hydrogen-bond acceptors (Lipinski definition) is 3. The number of ether oxygens (including phenoxy) is 1. The highest BCUT2D eigenvalue weighted by Crippen LogP contribution is 2.22. The van der Waals surface area contributed by atoms with Crippen LogP contribution in [0.15, 0.2) is 24.3 Å². The van der Waals surface area contributed by atoms with Crippen molar-refractivity contribution in [1.82, 2.24) is 5.32 Å². The van der Waals surface area contributed by atoms with Gasteiger partial charge in [0.25, 0.3) is 0 Å². The summed E-state index contributed by atoms with van der Waals surface area (Å²) < 4.78 is 5.79. The molecule has 0 aromatic heterocycles. The number of rotatable bonds is 5. The zero-order valence-corrected chi connectivity index (χ0v) is 13.2. The second-order valence-corrected chi connectivity index (χ2v) is 5.93. The highest BCUT2D eigenvalue weighted by Gasteiger charge is 2.22. The van der Waals surface area contributed by atoms with Crippen LogP contribution in [-0.4, -0.2) is 31.8 Å². The maximum absolute atomic E-state index is 5.79. The maximum Gasteiger partial charge on any atom is 0.0726 e. The van der Waals surface area contributed by atoms with Crippen LogP contribution >= 0.6 is 0 Å². The van der Waals surface area contributed by atoms with Crippen LogP contribution in [0.4, 0.5) is 5.69 Å². The largest absolute Gasteiger partial charge is 0.372 e. The van der Waals surface area contributed by atoms with E-state index in [0.29, 0.717) is 18.2 Å². The van der Waals surface area contributed by atoms with E-state index < -0.39 is 0 Å². The SMILES string of the molecule is CCCNC(C)c1ccc(N2C[C@@H](C)O[C@@H](C)C2)cc1. The Balaban J connectivity index is 2.00.